The van der Waals surface area contributed by atoms with E-state index in [9.17, 15) is 0 Å². The van der Waals surface area contributed by atoms with Crippen molar-refractivity contribution in [3.05, 3.63) is 27.7 Å². The van der Waals surface area contributed by atoms with Crippen LogP contribution in [0.4, 0.5) is 6.01 Å². The highest BCUT2D eigenvalue weighted by Gasteiger charge is 2.24. The van der Waals surface area contributed by atoms with Crippen molar-refractivity contribution >= 4 is 51.7 Å². The van der Waals surface area contributed by atoms with E-state index in [4.69, 9.17) is 27.6 Å². The Hall–Kier alpha value is -1.34. The Kier molecular flexibility index (Phi) is 3.93. The molecular formula is C15H14Cl2N4OS. The van der Waals surface area contributed by atoms with Crippen LogP contribution in [0.2, 0.25) is 9.36 Å². The molecule has 1 unspecified atom stereocenters. The summed E-state index contributed by atoms with van der Waals surface area (Å²) in [5.41, 5.74) is 2.26. The van der Waals surface area contributed by atoms with Crippen LogP contribution in [0.3, 0.4) is 0 Å². The second kappa shape index (κ2) is 5.94. The van der Waals surface area contributed by atoms with Gasteiger partial charge in [-0.05, 0) is 19.1 Å². The highest BCUT2D eigenvalue weighted by atomic mass is 35.5. The van der Waals surface area contributed by atoms with Crippen LogP contribution in [0, 0.1) is 0 Å². The third kappa shape index (κ3) is 2.80. The van der Waals surface area contributed by atoms with Crippen LogP contribution >= 0.6 is 34.5 Å². The van der Waals surface area contributed by atoms with Crippen molar-refractivity contribution in [1.29, 1.82) is 0 Å². The Labute approximate surface area is 147 Å². The Morgan fingerprint density at radius 2 is 2.26 bits per heavy atom. The average Bonchev–Trinajstić information content (AvgIpc) is 3.13. The molecular weight excluding hydrogens is 355 g/mol. The number of nitrogens with zero attached hydrogens (tertiary/aromatic N) is 3. The second-order valence-corrected chi connectivity index (χ2v) is 7.61. The molecule has 1 aliphatic heterocycles. The van der Waals surface area contributed by atoms with Gasteiger partial charge in [-0.2, -0.15) is 4.98 Å². The van der Waals surface area contributed by atoms with E-state index in [-0.39, 0.29) is 0 Å². The quantitative estimate of drug-likeness (QED) is 0.739. The van der Waals surface area contributed by atoms with E-state index in [2.05, 4.69) is 27.1 Å². The fourth-order valence-corrected chi connectivity index (χ4v) is 3.91. The standard InChI is InChI=1S/C15H14Cl2N4OS/c1-8-6-18-2-3-21(8)15-20-11-5-9(16)4-10(13(11)22-15)14-19-7-12(17)23-14/h4-5,7-8,18H,2-3,6H2,1H3. The summed E-state index contributed by atoms with van der Waals surface area (Å²) >= 11 is 13.6. The lowest BCUT2D eigenvalue weighted by Gasteiger charge is -2.32. The second-order valence-electron chi connectivity index (χ2n) is 5.51. The van der Waals surface area contributed by atoms with Crippen LogP contribution in [0.25, 0.3) is 21.7 Å². The molecule has 1 saturated heterocycles. The molecule has 5 nitrogen and oxygen atoms in total. The van der Waals surface area contributed by atoms with Gasteiger partial charge in [-0.15, -0.1) is 11.3 Å². The maximum absolute atomic E-state index is 6.24. The van der Waals surface area contributed by atoms with Crippen molar-refractivity contribution in [2.45, 2.75) is 13.0 Å². The average molecular weight is 369 g/mol. The number of piperazine rings is 1. The summed E-state index contributed by atoms with van der Waals surface area (Å²) in [5, 5.41) is 4.74. The number of halogens is 2. The fourth-order valence-electron chi connectivity index (χ4n) is 2.77. The van der Waals surface area contributed by atoms with Crippen LogP contribution in [0.1, 0.15) is 6.92 Å². The zero-order valence-electron chi connectivity index (χ0n) is 12.3. The highest BCUT2D eigenvalue weighted by Crippen LogP contribution is 2.37. The summed E-state index contributed by atoms with van der Waals surface area (Å²) in [6.07, 6.45) is 1.63. The third-order valence-electron chi connectivity index (χ3n) is 3.90. The lowest BCUT2D eigenvalue weighted by atomic mass is 10.2. The lowest BCUT2D eigenvalue weighted by molar-refractivity contribution is 0.456. The predicted molar refractivity (Wildman–Crippen MR) is 94.8 cm³/mol. The molecule has 0 radical (unpaired) electrons. The summed E-state index contributed by atoms with van der Waals surface area (Å²) in [5.74, 6) is 0. The number of thiazole rings is 1. The van der Waals surface area contributed by atoms with Gasteiger partial charge in [-0.25, -0.2) is 4.98 Å². The normalized spacial score (nSPS) is 18.7. The topological polar surface area (TPSA) is 54.2 Å². The Balaban J connectivity index is 1.84. The zero-order valence-corrected chi connectivity index (χ0v) is 14.7. The number of oxazole rings is 1. The van der Waals surface area contributed by atoms with Gasteiger partial charge >= 0.3 is 0 Å². The molecule has 3 aromatic rings. The van der Waals surface area contributed by atoms with Gasteiger partial charge in [-0.3, -0.25) is 0 Å². The van der Waals surface area contributed by atoms with Crippen LogP contribution in [-0.2, 0) is 0 Å². The van der Waals surface area contributed by atoms with E-state index < -0.39 is 0 Å². The summed E-state index contributed by atoms with van der Waals surface area (Å²) < 4.78 is 6.71. The van der Waals surface area contributed by atoms with E-state index in [1.54, 1.807) is 6.20 Å². The molecule has 0 spiro atoms. The summed E-state index contributed by atoms with van der Waals surface area (Å²) in [7, 11) is 0. The van der Waals surface area contributed by atoms with Gasteiger partial charge in [0.05, 0.1) is 11.8 Å². The van der Waals surface area contributed by atoms with Gasteiger partial charge in [0.1, 0.15) is 14.9 Å². The monoisotopic (exact) mass is 368 g/mol. The first-order valence-corrected chi connectivity index (χ1v) is 8.88. The van der Waals surface area contributed by atoms with E-state index in [0.29, 0.717) is 27.0 Å². The third-order valence-corrected chi connectivity index (χ3v) is 5.26. The van der Waals surface area contributed by atoms with Crippen LogP contribution in [0.5, 0.6) is 0 Å². The molecule has 4 rings (SSSR count). The molecule has 1 aromatic carbocycles. The fraction of sp³-hybridized carbons (Fsp3) is 0.333. The van der Waals surface area contributed by atoms with Gasteiger partial charge in [0.15, 0.2) is 5.58 Å². The maximum atomic E-state index is 6.24. The number of benzene rings is 1. The first kappa shape index (κ1) is 15.2. The summed E-state index contributed by atoms with van der Waals surface area (Å²) in [4.78, 5) is 11.1. The van der Waals surface area contributed by atoms with E-state index >= 15 is 0 Å². The maximum Gasteiger partial charge on any atom is 0.298 e. The number of aromatic nitrogens is 2. The molecule has 8 heteroatoms. The molecule has 0 bridgehead atoms. The molecule has 0 aliphatic carbocycles. The van der Waals surface area contributed by atoms with Crippen molar-refractivity contribution in [3.63, 3.8) is 0 Å². The Morgan fingerprint density at radius 1 is 1.39 bits per heavy atom. The minimum atomic E-state index is 0.324. The zero-order chi connectivity index (χ0) is 16.0. The molecule has 1 N–H and O–H groups in total. The van der Waals surface area contributed by atoms with Crippen molar-refractivity contribution in [2.75, 3.05) is 24.5 Å². The van der Waals surface area contributed by atoms with Crippen molar-refractivity contribution in [1.82, 2.24) is 15.3 Å². The molecule has 1 fully saturated rings. The van der Waals surface area contributed by atoms with Gasteiger partial charge in [0, 0.05) is 30.7 Å². The molecule has 0 amide bonds. The first-order chi connectivity index (χ1) is 11.1. The van der Waals surface area contributed by atoms with Gasteiger partial charge in [0.25, 0.3) is 6.01 Å². The minimum absolute atomic E-state index is 0.324. The molecule has 2 aromatic heterocycles. The number of nitrogens with one attached hydrogen (secondary N) is 1. The van der Waals surface area contributed by atoms with Crippen molar-refractivity contribution in [3.8, 4) is 10.6 Å². The van der Waals surface area contributed by atoms with Crippen molar-refractivity contribution < 1.29 is 4.42 Å². The van der Waals surface area contributed by atoms with Gasteiger partial charge in [0.2, 0.25) is 0 Å². The molecule has 1 atom stereocenters. The molecule has 1 aliphatic rings. The van der Waals surface area contributed by atoms with Gasteiger partial charge in [-0.1, -0.05) is 23.2 Å². The minimum Gasteiger partial charge on any atom is -0.423 e. The number of hydrogen-bond donors (Lipinski definition) is 1. The Bertz CT molecular complexity index is 862. The van der Waals surface area contributed by atoms with Crippen LogP contribution < -0.4 is 10.2 Å². The largest absolute Gasteiger partial charge is 0.423 e. The van der Waals surface area contributed by atoms with Crippen LogP contribution in [-0.4, -0.2) is 35.6 Å². The number of fused-ring (bicyclic) bond motifs is 1. The summed E-state index contributed by atoms with van der Waals surface area (Å²) in [6.45, 7) is 4.84. The van der Waals surface area contributed by atoms with E-state index in [1.807, 2.05) is 12.1 Å². The van der Waals surface area contributed by atoms with Crippen LogP contribution in [0.15, 0.2) is 22.7 Å². The molecule has 23 heavy (non-hydrogen) atoms. The van der Waals surface area contributed by atoms with Gasteiger partial charge < -0.3 is 14.6 Å². The molecule has 3 heterocycles. The lowest BCUT2D eigenvalue weighted by Crippen LogP contribution is -2.50. The first-order valence-electron chi connectivity index (χ1n) is 7.31. The Morgan fingerprint density at radius 3 is 3.00 bits per heavy atom. The number of hydrogen-bond acceptors (Lipinski definition) is 6. The highest BCUT2D eigenvalue weighted by molar-refractivity contribution is 7.19. The summed E-state index contributed by atoms with van der Waals surface area (Å²) in [6, 6.07) is 4.61. The van der Waals surface area contributed by atoms with Crippen molar-refractivity contribution in [2.24, 2.45) is 0 Å². The number of anilines is 1. The molecule has 120 valence electrons. The smallest absolute Gasteiger partial charge is 0.298 e. The SMILES string of the molecule is CC1CNCCN1c1nc2cc(Cl)cc(-c3ncc(Cl)s3)c2o1. The van der Waals surface area contributed by atoms with E-state index in [0.717, 1.165) is 35.7 Å². The van der Waals surface area contributed by atoms with E-state index in [1.165, 1.54) is 11.3 Å². The molecule has 0 saturated carbocycles. The number of rotatable bonds is 2. The predicted octanol–water partition coefficient (Wildman–Crippen LogP) is 4.06.